The molecule has 0 saturated heterocycles. The van der Waals surface area contributed by atoms with Gasteiger partial charge in [-0.2, -0.15) is 11.8 Å². The number of unbranched alkanes of at least 4 members (excludes halogenated alkanes) is 1. The van der Waals surface area contributed by atoms with Crippen molar-refractivity contribution >= 4 is 17.7 Å². The van der Waals surface area contributed by atoms with Crippen molar-refractivity contribution in [3.63, 3.8) is 0 Å². The summed E-state index contributed by atoms with van der Waals surface area (Å²) < 4.78 is 5.34. The average Bonchev–Trinajstić information content (AvgIpc) is 2.97. The molecule has 0 fully saturated rings. The first kappa shape index (κ1) is 18.0. The van der Waals surface area contributed by atoms with E-state index < -0.39 is 0 Å². The van der Waals surface area contributed by atoms with E-state index in [1.165, 1.54) is 18.6 Å². The molecule has 0 amide bonds. The van der Waals surface area contributed by atoms with Crippen LogP contribution in [0.3, 0.4) is 0 Å². The molecule has 21 heavy (non-hydrogen) atoms. The summed E-state index contributed by atoms with van der Waals surface area (Å²) in [4.78, 5) is 4.62. The maximum Gasteiger partial charge on any atom is 0.191 e. The molecule has 0 aliphatic carbocycles. The van der Waals surface area contributed by atoms with Crippen LogP contribution in [0.2, 0.25) is 0 Å². The molecule has 1 rings (SSSR count). The van der Waals surface area contributed by atoms with Gasteiger partial charge in [0.15, 0.2) is 5.96 Å². The normalized spacial score (nSPS) is 11.9. The molecule has 1 aromatic heterocycles. The number of nitrogens with zero attached hydrogens (tertiary/aromatic N) is 1. The van der Waals surface area contributed by atoms with Gasteiger partial charge in [-0.15, -0.1) is 0 Å². The van der Waals surface area contributed by atoms with E-state index in [-0.39, 0.29) is 0 Å². The summed E-state index contributed by atoms with van der Waals surface area (Å²) in [6, 6.07) is 3.93. The molecule has 120 valence electrons. The van der Waals surface area contributed by atoms with Crippen LogP contribution in [0.15, 0.2) is 27.8 Å². The van der Waals surface area contributed by atoms with E-state index in [1.54, 1.807) is 6.26 Å². The van der Waals surface area contributed by atoms with Crippen LogP contribution >= 0.6 is 11.8 Å². The zero-order valence-corrected chi connectivity index (χ0v) is 14.3. The Morgan fingerprint density at radius 2 is 2.10 bits per heavy atom. The van der Waals surface area contributed by atoms with Crippen LogP contribution in [0.25, 0.3) is 0 Å². The van der Waals surface area contributed by atoms with Gasteiger partial charge in [-0.1, -0.05) is 13.8 Å². The summed E-state index contributed by atoms with van der Waals surface area (Å²) in [5.41, 5.74) is 0. The van der Waals surface area contributed by atoms with Crippen molar-refractivity contribution in [3.8, 4) is 0 Å². The zero-order chi connectivity index (χ0) is 15.3. The highest BCUT2D eigenvalue weighted by Crippen LogP contribution is 2.00. The molecule has 0 aliphatic rings. The molecule has 0 spiro atoms. The molecule has 2 N–H and O–H groups in total. The highest BCUT2D eigenvalue weighted by atomic mass is 32.2. The summed E-state index contributed by atoms with van der Waals surface area (Å²) in [7, 11) is 0. The van der Waals surface area contributed by atoms with Crippen molar-refractivity contribution in [2.75, 3.05) is 31.6 Å². The third kappa shape index (κ3) is 9.45. The lowest BCUT2D eigenvalue weighted by atomic mass is 10.2. The topological polar surface area (TPSA) is 49.6 Å². The first-order chi connectivity index (χ1) is 10.2. The fraction of sp³-hybridized carbons (Fsp3) is 0.688. The molecule has 0 bridgehead atoms. The lowest BCUT2D eigenvalue weighted by molar-refractivity contribution is 0.506. The third-order valence-electron chi connectivity index (χ3n) is 2.93. The molecule has 1 aromatic rings. The van der Waals surface area contributed by atoms with Gasteiger partial charge in [-0.05, 0) is 42.9 Å². The highest BCUT2D eigenvalue weighted by molar-refractivity contribution is 7.98. The Morgan fingerprint density at radius 3 is 2.76 bits per heavy atom. The molecular formula is C16H29N3OS. The van der Waals surface area contributed by atoms with Gasteiger partial charge in [0.05, 0.1) is 6.26 Å². The second-order valence-corrected chi connectivity index (χ2v) is 6.45. The van der Waals surface area contributed by atoms with Crippen molar-refractivity contribution in [3.05, 3.63) is 24.2 Å². The summed E-state index contributed by atoms with van der Waals surface area (Å²) in [6.07, 6.45) is 7.17. The smallest absolute Gasteiger partial charge is 0.191 e. The van der Waals surface area contributed by atoms with Crippen molar-refractivity contribution in [2.45, 2.75) is 33.1 Å². The molecule has 0 radical (unpaired) electrons. The van der Waals surface area contributed by atoms with Crippen LogP contribution < -0.4 is 10.6 Å². The van der Waals surface area contributed by atoms with Gasteiger partial charge in [0, 0.05) is 26.1 Å². The minimum absolute atomic E-state index is 0.574. The first-order valence-electron chi connectivity index (χ1n) is 7.76. The molecule has 0 aromatic carbocycles. The quantitative estimate of drug-likeness (QED) is 0.396. The Labute approximate surface area is 133 Å². The van der Waals surface area contributed by atoms with E-state index in [1.807, 2.05) is 23.9 Å². The molecule has 5 heteroatoms. The minimum atomic E-state index is 0.574. The van der Waals surface area contributed by atoms with Gasteiger partial charge in [0.2, 0.25) is 0 Å². The Morgan fingerprint density at radius 1 is 1.29 bits per heavy atom. The van der Waals surface area contributed by atoms with Gasteiger partial charge in [-0.3, -0.25) is 4.99 Å². The van der Waals surface area contributed by atoms with Crippen molar-refractivity contribution in [1.82, 2.24) is 10.6 Å². The Hall–Kier alpha value is -1.10. The summed E-state index contributed by atoms with van der Waals surface area (Å²) in [5.74, 6) is 3.72. The number of nitrogens with one attached hydrogen (secondary N) is 2. The Kier molecular flexibility index (Phi) is 9.87. The van der Waals surface area contributed by atoms with E-state index in [0.717, 1.165) is 37.8 Å². The Bertz CT molecular complexity index is 377. The number of hydrogen-bond donors (Lipinski definition) is 2. The second-order valence-electron chi connectivity index (χ2n) is 5.47. The number of rotatable bonds is 10. The number of guanidine groups is 1. The molecule has 1 heterocycles. The molecule has 4 nitrogen and oxygen atoms in total. The summed E-state index contributed by atoms with van der Waals surface area (Å²) in [6.45, 7) is 7.03. The number of thioether (sulfide) groups is 1. The minimum Gasteiger partial charge on any atom is -0.469 e. The highest BCUT2D eigenvalue weighted by Gasteiger charge is 2.01. The van der Waals surface area contributed by atoms with Crippen LogP contribution in [-0.2, 0) is 6.42 Å². The molecular weight excluding hydrogens is 282 g/mol. The van der Waals surface area contributed by atoms with E-state index >= 15 is 0 Å². The van der Waals surface area contributed by atoms with Crippen LogP contribution in [0.5, 0.6) is 0 Å². The monoisotopic (exact) mass is 311 g/mol. The van der Waals surface area contributed by atoms with E-state index in [2.05, 4.69) is 35.7 Å². The number of hydrogen-bond acceptors (Lipinski definition) is 3. The van der Waals surface area contributed by atoms with Crippen LogP contribution in [-0.4, -0.2) is 37.6 Å². The molecule has 0 unspecified atom stereocenters. The van der Waals surface area contributed by atoms with Crippen molar-refractivity contribution < 1.29 is 4.42 Å². The van der Waals surface area contributed by atoms with Gasteiger partial charge in [0.25, 0.3) is 0 Å². The predicted molar refractivity (Wildman–Crippen MR) is 93.2 cm³/mol. The second kappa shape index (κ2) is 11.5. The maximum atomic E-state index is 5.34. The SMILES string of the molecule is CSCCCCNC(=NCC(C)C)NCCc1ccco1. The molecule has 0 atom stereocenters. The average molecular weight is 311 g/mol. The van der Waals surface area contributed by atoms with E-state index in [9.17, 15) is 0 Å². The van der Waals surface area contributed by atoms with E-state index in [0.29, 0.717) is 5.92 Å². The first-order valence-corrected chi connectivity index (χ1v) is 9.15. The molecule has 0 aliphatic heterocycles. The van der Waals surface area contributed by atoms with Gasteiger partial charge in [0.1, 0.15) is 5.76 Å². The molecule has 0 saturated carbocycles. The van der Waals surface area contributed by atoms with Gasteiger partial charge in [-0.25, -0.2) is 0 Å². The van der Waals surface area contributed by atoms with Crippen LogP contribution in [0.1, 0.15) is 32.4 Å². The zero-order valence-electron chi connectivity index (χ0n) is 13.5. The summed E-state index contributed by atoms with van der Waals surface area (Å²) >= 11 is 1.90. The fourth-order valence-corrected chi connectivity index (χ4v) is 2.28. The standard InChI is InChI=1S/C16H29N3OS/c1-14(2)13-19-16(17-9-4-5-12-21-3)18-10-8-15-7-6-11-20-15/h6-7,11,14H,4-5,8-10,12-13H2,1-3H3,(H2,17,18,19). The lowest BCUT2D eigenvalue weighted by Crippen LogP contribution is -2.39. The summed E-state index contributed by atoms with van der Waals surface area (Å²) in [5, 5.41) is 6.79. The Balaban J connectivity index is 2.28. The van der Waals surface area contributed by atoms with Crippen LogP contribution in [0, 0.1) is 5.92 Å². The van der Waals surface area contributed by atoms with Crippen LogP contribution in [0.4, 0.5) is 0 Å². The third-order valence-corrected chi connectivity index (χ3v) is 3.62. The number of aliphatic imine (C=N–C) groups is 1. The lowest BCUT2D eigenvalue weighted by Gasteiger charge is -2.13. The maximum absolute atomic E-state index is 5.34. The fourth-order valence-electron chi connectivity index (χ4n) is 1.79. The van der Waals surface area contributed by atoms with Crippen molar-refractivity contribution in [1.29, 1.82) is 0 Å². The van der Waals surface area contributed by atoms with E-state index in [4.69, 9.17) is 4.42 Å². The van der Waals surface area contributed by atoms with Crippen molar-refractivity contribution in [2.24, 2.45) is 10.9 Å². The largest absolute Gasteiger partial charge is 0.469 e. The predicted octanol–water partition coefficient (Wildman–Crippen LogP) is 3.16. The number of furan rings is 1. The van der Waals surface area contributed by atoms with Gasteiger partial charge < -0.3 is 15.1 Å². The van der Waals surface area contributed by atoms with Gasteiger partial charge >= 0.3 is 0 Å².